The van der Waals surface area contributed by atoms with Crippen molar-refractivity contribution < 1.29 is 28.6 Å². The van der Waals surface area contributed by atoms with Crippen LogP contribution in [0.5, 0.6) is 0 Å². The van der Waals surface area contributed by atoms with Gasteiger partial charge in [-0.3, -0.25) is 0 Å². The number of benzene rings is 1. The summed E-state index contributed by atoms with van der Waals surface area (Å²) < 4.78 is 15.5. The Kier molecular flexibility index (Phi) is 11.6. The summed E-state index contributed by atoms with van der Waals surface area (Å²) in [7, 11) is 1.29. The molecule has 8 nitrogen and oxygen atoms in total. The Morgan fingerprint density at radius 3 is 2.22 bits per heavy atom. The van der Waals surface area contributed by atoms with Crippen molar-refractivity contribution in [1.29, 1.82) is 0 Å². The molecule has 2 amide bonds. The molecule has 1 unspecified atom stereocenters. The number of carbonyl (C=O) groups is 3. The Morgan fingerprint density at radius 1 is 1.09 bits per heavy atom. The van der Waals surface area contributed by atoms with Crippen LogP contribution >= 0.6 is 0 Å². The number of methoxy groups -OCH3 is 1. The van der Waals surface area contributed by atoms with Crippen LogP contribution in [0.2, 0.25) is 0 Å². The van der Waals surface area contributed by atoms with Gasteiger partial charge in [0.2, 0.25) is 0 Å². The van der Waals surface area contributed by atoms with Crippen LogP contribution in [0.25, 0.3) is 0 Å². The second kappa shape index (κ2) is 13.6. The van der Waals surface area contributed by atoms with E-state index in [9.17, 15) is 14.4 Å². The summed E-state index contributed by atoms with van der Waals surface area (Å²) in [6, 6.07) is 8.50. The first-order chi connectivity index (χ1) is 15.2. The van der Waals surface area contributed by atoms with E-state index in [0.29, 0.717) is 32.4 Å². The molecule has 1 aromatic carbocycles. The minimum absolute atomic E-state index is 0.120. The summed E-state index contributed by atoms with van der Waals surface area (Å²) in [5.74, 6) is -0.344. The highest BCUT2D eigenvalue weighted by molar-refractivity contribution is 5.81. The first kappa shape index (κ1) is 27.3. The lowest BCUT2D eigenvalue weighted by Crippen LogP contribution is -2.46. The number of amides is 2. The third-order valence-electron chi connectivity index (χ3n) is 4.83. The minimum atomic E-state index is -0.795. The number of alkyl carbamates (subject to hydrolysis) is 1. The maximum absolute atomic E-state index is 12.2. The molecule has 0 aromatic heterocycles. The van der Waals surface area contributed by atoms with Gasteiger partial charge in [0.1, 0.15) is 18.2 Å². The molecule has 2 rings (SSSR count). The van der Waals surface area contributed by atoms with E-state index >= 15 is 0 Å². The maximum atomic E-state index is 12.2. The molecule has 32 heavy (non-hydrogen) atoms. The van der Waals surface area contributed by atoms with Crippen LogP contribution in [0.4, 0.5) is 9.59 Å². The Labute approximate surface area is 191 Å². The lowest BCUT2D eigenvalue weighted by Gasteiger charge is -2.34. The van der Waals surface area contributed by atoms with Crippen LogP contribution in [0.3, 0.4) is 0 Å². The van der Waals surface area contributed by atoms with Crippen LogP contribution in [0.15, 0.2) is 30.3 Å². The topological polar surface area (TPSA) is 94.2 Å². The number of ether oxygens (including phenoxy) is 3. The first-order valence-corrected chi connectivity index (χ1v) is 11.2. The molecule has 1 saturated heterocycles. The van der Waals surface area contributed by atoms with Crippen LogP contribution in [-0.2, 0) is 25.6 Å². The average molecular weight is 451 g/mol. The molecule has 1 aliphatic rings. The molecule has 180 valence electrons. The number of piperidine rings is 1. The zero-order valence-corrected chi connectivity index (χ0v) is 20.2. The van der Waals surface area contributed by atoms with Crippen LogP contribution in [0.1, 0.15) is 59.4 Å². The molecule has 0 bridgehead atoms. The molecule has 0 saturated carbocycles. The fraction of sp³-hybridized carbons (Fsp3) is 0.625. The predicted molar refractivity (Wildman–Crippen MR) is 122 cm³/mol. The van der Waals surface area contributed by atoms with Gasteiger partial charge in [-0.15, -0.1) is 0 Å². The van der Waals surface area contributed by atoms with Crippen LogP contribution < -0.4 is 5.32 Å². The van der Waals surface area contributed by atoms with Crippen molar-refractivity contribution in [2.75, 3.05) is 20.2 Å². The number of nitrogens with one attached hydrogen (secondary N) is 1. The molecule has 1 fully saturated rings. The van der Waals surface area contributed by atoms with Crippen molar-refractivity contribution in [2.45, 2.75) is 72.1 Å². The lowest BCUT2D eigenvalue weighted by atomic mass is 9.90. The lowest BCUT2D eigenvalue weighted by molar-refractivity contribution is -0.143. The Bertz CT molecular complexity index is 709. The van der Waals surface area contributed by atoms with E-state index < -0.39 is 23.7 Å². The van der Waals surface area contributed by atoms with E-state index in [1.54, 1.807) is 4.90 Å². The molecule has 0 radical (unpaired) electrons. The molecule has 0 aliphatic carbocycles. The van der Waals surface area contributed by atoms with Crippen molar-refractivity contribution >= 4 is 18.2 Å². The van der Waals surface area contributed by atoms with Crippen molar-refractivity contribution in [3.05, 3.63) is 35.9 Å². The van der Waals surface area contributed by atoms with Gasteiger partial charge >= 0.3 is 18.2 Å². The average Bonchev–Trinajstić information content (AvgIpc) is 2.78. The molecule has 8 heteroatoms. The summed E-state index contributed by atoms with van der Waals surface area (Å²) in [5, 5.41) is 2.61. The van der Waals surface area contributed by atoms with E-state index in [1.165, 1.54) is 7.11 Å². The highest BCUT2D eigenvalue weighted by atomic mass is 16.6. The number of rotatable bonds is 6. The minimum Gasteiger partial charge on any atom is -0.467 e. The summed E-state index contributed by atoms with van der Waals surface area (Å²) in [6.45, 7) is 10.7. The zero-order chi connectivity index (χ0) is 24.1. The smallest absolute Gasteiger partial charge is 0.410 e. The summed E-state index contributed by atoms with van der Waals surface area (Å²) in [6.07, 6.45) is 0.865. The number of likely N-dealkylation sites (tertiary alicyclic amines) is 1. The maximum Gasteiger partial charge on any atom is 0.410 e. The predicted octanol–water partition coefficient (Wildman–Crippen LogP) is 4.52. The third kappa shape index (κ3) is 10.0. The monoisotopic (exact) mass is 450 g/mol. The van der Waals surface area contributed by atoms with Gasteiger partial charge in [0.15, 0.2) is 0 Å². The largest absolute Gasteiger partial charge is 0.467 e. The Balaban J connectivity index is 0.00000249. The Hall–Kier alpha value is -2.77. The van der Waals surface area contributed by atoms with Gasteiger partial charge in [-0.05, 0) is 51.5 Å². The summed E-state index contributed by atoms with van der Waals surface area (Å²) in [4.78, 5) is 38.2. The fourth-order valence-electron chi connectivity index (χ4n) is 3.27. The van der Waals surface area contributed by atoms with Gasteiger partial charge < -0.3 is 24.4 Å². The molecule has 1 atom stereocenters. The summed E-state index contributed by atoms with van der Waals surface area (Å²) in [5.41, 5.74) is 0.324. The van der Waals surface area contributed by atoms with Crippen LogP contribution in [0, 0.1) is 5.92 Å². The van der Waals surface area contributed by atoms with E-state index in [0.717, 1.165) is 5.56 Å². The molecule has 1 heterocycles. The molecule has 1 N–H and O–H groups in total. The highest BCUT2D eigenvalue weighted by Gasteiger charge is 2.31. The van der Waals surface area contributed by atoms with Gasteiger partial charge in [0, 0.05) is 13.1 Å². The quantitative estimate of drug-likeness (QED) is 0.506. The van der Waals surface area contributed by atoms with Gasteiger partial charge in [-0.2, -0.15) is 0 Å². The van der Waals surface area contributed by atoms with Crippen molar-refractivity contribution in [3.8, 4) is 0 Å². The molecular formula is C24H38N2O6. The number of hydrogen-bond donors (Lipinski definition) is 1. The summed E-state index contributed by atoms with van der Waals surface area (Å²) >= 11 is 0. The molecule has 0 spiro atoms. The van der Waals surface area contributed by atoms with Gasteiger partial charge in [0.05, 0.1) is 7.11 Å². The van der Waals surface area contributed by atoms with Gasteiger partial charge in [0.25, 0.3) is 0 Å². The van der Waals surface area contributed by atoms with E-state index in [-0.39, 0.29) is 18.6 Å². The molecular weight excluding hydrogens is 412 g/mol. The van der Waals surface area contributed by atoms with Gasteiger partial charge in [-0.1, -0.05) is 44.2 Å². The van der Waals surface area contributed by atoms with Gasteiger partial charge in [-0.25, -0.2) is 14.4 Å². The zero-order valence-electron chi connectivity index (χ0n) is 20.2. The SMILES string of the molecule is CC.COC(=O)C(CC1CCN(C(=O)OC(C)(C)C)CC1)NC(=O)OCc1ccccc1. The molecule has 1 aliphatic heterocycles. The van der Waals surface area contributed by atoms with E-state index in [1.807, 2.05) is 65.0 Å². The molecule has 1 aromatic rings. The number of hydrogen-bond acceptors (Lipinski definition) is 6. The van der Waals surface area contributed by atoms with Crippen molar-refractivity contribution in [2.24, 2.45) is 5.92 Å². The number of esters is 1. The van der Waals surface area contributed by atoms with E-state index in [2.05, 4.69) is 5.32 Å². The second-order valence-electron chi connectivity index (χ2n) is 8.43. The second-order valence-corrected chi connectivity index (χ2v) is 8.43. The van der Waals surface area contributed by atoms with Crippen LogP contribution in [-0.4, -0.2) is 54.9 Å². The third-order valence-corrected chi connectivity index (χ3v) is 4.83. The number of carbonyl (C=O) groups excluding carboxylic acids is 3. The standard InChI is InChI=1S/C22H32N2O6.C2H6/c1-22(2,3)30-21(27)24-12-10-16(11-13-24)14-18(19(25)28-4)23-20(26)29-15-17-8-6-5-7-9-17;1-2/h5-9,16,18H,10-15H2,1-4H3,(H,23,26);1-2H3. The number of nitrogens with zero attached hydrogens (tertiary/aromatic N) is 1. The first-order valence-electron chi connectivity index (χ1n) is 11.2. The Morgan fingerprint density at radius 2 is 1.69 bits per heavy atom. The normalized spacial score (nSPS) is 15.0. The van der Waals surface area contributed by atoms with Crippen molar-refractivity contribution in [3.63, 3.8) is 0 Å². The highest BCUT2D eigenvalue weighted by Crippen LogP contribution is 2.24. The van der Waals surface area contributed by atoms with Crippen molar-refractivity contribution in [1.82, 2.24) is 10.2 Å². The van der Waals surface area contributed by atoms with E-state index in [4.69, 9.17) is 14.2 Å². The fourth-order valence-corrected chi connectivity index (χ4v) is 3.27.